The molecule has 2 saturated heterocycles. The average Bonchev–Trinajstić information content (AvgIpc) is 2.71. The first-order valence-corrected chi connectivity index (χ1v) is 9.41. The highest BCUT2D eigenvalue weighted by molar-refractivity contribution is 14.0. The van der Waals surface area contributed by atoms with Crippen LogP contribution >= 0.6 is 35.7 Å². The van der Waals surface area contributed by atoms with Crippen LogP contribution in [0.15, 0.2) is 4.99 Å². The lowest BCUT2D eigenvalue weighted by molar-refractivity contribution is 0.286. The summed E-state index contributed by atoms with van der Waals surface area (Å²) in [6, 6.07) is 0. The van der Waals surface area contributed by atoms with E-state index >= 15 is 0 Å². The summed E-state index contributed by atoms with van der Waals surface area (Å²) >= 11 is 2.07. The van der Waals surface area contributed by atoms with Gasteiger partial charge in [-0.25, -0.2) is 0 Å². The molecule has 6 heteroatoms. The molecular formula is C16H33IN4S. The van der Waals surface area contributed by atoms with Gasteiger partial charge in [-0.3, -0.25) is 4.99 Å². The molecule has 4 nitrogen and oxygen atoms in total. The lowest BCUT2D eigenvalue weighted by atomic mass is 10.2. The summed E-state index contributed by atoms with van der Waals surface area (Å²) in [5.74, 6) is 2.28. The van der Waals surface area contributed by atoms with Crippen molar-refractivity contribution < 1.29 is 0 Å². The van der Waals surface area contributed by atoms with Crippen molar-refractivity contribution in [3.8, 4) is 0 Å². The maximum Gasteiger partial charge on any atom is 0.193 e. The molecule has 2 fully saturated rings. The first-order chi connectivity index (χ1) is 10.1. The van der Waals surface area contributed by atoms with Gasteiger partial charge >= 0.3 is 0 Å². The summed E-state index contributed by atoms with van der Waals surface area (Å²) in [7, 11) is 1.91. The largest absolute Gasteiger partial charge is 0.355 e. The van der Waals surface area contributed by atoms with Crippen LogP contribution in [0.1, 0.15) is 39.5 Å². The van der Waals surface area contributed by atoms with Gasteiger partial charge in [0.05, 0.1) is 0 Å². The molecular weight excluding hydrogens is 407 g/mol. The molecule has 0 aromatic carbocycles. The van der Waals surface area contributed by atoms with E-state index in [1.54, 1.807) is 0 Å². The molecule has 0 bridgehead atoms. The van der Waals surface area contributed by atoms with Gasteiger partial charge < -0.3 is 15.1 Å². The summed E-state index contributed by atoms with van der Waals surface area (Å²) in [6.45, 7) is 11.5. The van der Waals surface area contributed by atoms with Crippen LogP contribution < -0.4 is 5.32 Å². The van der Waals surface area contributed by atoms with Crippen LogP contribution in [0.4, 0.5) is 0 Å². The zero-order chi connectivity index (χ0) is 15.1. The monoisotopic (exact) mass is 440 g/mol. The molecule has 0 spiro atoms. The topological polar surface area (TPSA) is 30.9 Å². The van der Waals surface area contributed by atoms with Crippen molar-refractivity contribution in [2.45, 2.75) is 44.3 Å². The zero-order valence-corrected chi connectivity index (χ0v) is 17.6. The Hall–Kier alpha value is 0.310. The van der Waals surface area contributed by atoms with E-state index < -0.39 is 0 Å². The second kappa shape index (κ2) is 10.2. The molecule has 0 amide bonds. The third-order valence-corrected chi connectivity index (χ3v) is 5.64. The second-order valence-corrected chi connectivity index (χ2v) is 8.56. The molecule has 0 unspecified atom stereocenters. The van der Waals surface area contributed by atoms with Gasteiger partial charge in [-0.05, 0) is 39.8 Å². The highest BCUT2D eigenvalue weighted by atomic mass is 127. The van der Waals surface area contributed by atoms with Gasteiger partial charge in [0.2, 0.25) is 0 Å². The first kappa shape index (κ1) is 20.4. The van der Waals surface area contributed by atoms with Crippen molar-refractivity contribution in [1.29, 1.82) is 0 Å². The zero-order valence-electron chi connectivity index (χ0n) is 14.4. The minimum Gasteiger partial charge on any atom is -0.355 e. The standard InChI is InChI=1S/C16H32N4S.HI/c1-16(2)14-20(12-13-21-16)15(17-3)18-8-11-19-9-6-4-5-7-10-19;/h4-14H2,1-3H3,(H,17,18);1H. The summed E-state index contributed by atoms with van der Waals surface area (Å²) in [5.41, 5.74) is 0. The van der Waals surface area contributed by atoms with Crippen LogP contribution in [0, 0.1) is 0 Å². The average molecular weight is 440 g/mol. The highest BCUT2D eigenvalue weighted by Crippen LogP contribution is 2.29. The number of nitrogens with zero attached hydrogens (tertiary/aromatic N) is 3. The maximum absolute atomic E-state index is 4.48. The molecule has 2 heterocycles. The van der Waals surface area contributed by atoms with Gasteiger partial charge in [0.15, 0.2) is 5.96 Å². The summed E-state index contributed by atoms with van der Waals surface area (Å²) in [5, 5.41) is 3.57. The number of rotatable bonds is 3. The molecule has 2 aliphatic heterocycles. The molecule has 1 N–H and O–H groups in total. The molecule has 0 aromatic heterocycles. The van der Waals surface area contributed by atoms with E-state index in [2.05, 4.69) is 45.7 Å². The molecule has 22 heavy (non-hydrogen) atoms. The van der Waals surface area contributed by atoms with Gasteiger partial charge in [-0.15, -0.1) is 24.0 Å². The van der Waals surface area contributed by atoms with Gasteiger partial charge in [0.25, 0.3) is 0 Å². The quantitative estimate of drug-likeness (QED) is 0.416. The fraction of sp³-hybridized carbons (Fsp3) is 0.938. The van der Waals surface area contributed by atoms with Crippen molar-refractivity contribution in [1.82, 2.24) is 15.1 Å². The molecule has 0 atom stereocenters. The molecule has 0 saturated carbocycles. The number of guanidine groups is 1. The predicted octanol–water partition coefficient (Wildman–Crippen LogP) is 2.88. The molecule has 0 aromatic rings. The van der Waals surface area contributed by atoms with Crippen molar-refractivity contribution in [2.75, 3.05) is 52.1 Å². The summed E-state index contributed by atoms with van der Waals surface area (Å²) in [4.78, 5) is 9.50. The van der Waals surface area contributed by atoms with Crippen LogP contribution in [-0.2, 0) is 0 Å². The number of nitrogens with one attached hydrogen (secondary N) is 1. The normalized spacial score (nSPS) is 23.6. The number of thioether (sulfide) groups is 1. The molecule has 130 valence electrons. The SMILES string of the molecule is CN=C(NCCN1CCCCCC1)N1CCSC(C)(C)C1.I. The third kappa shape index (κ3) is 6.83. The lowest BCUT2D eigenvalue weighted by Crippen LogP contribution is -2.51. The number of aliphatic imine (C=N–C) groups is 1. The van der Waals surface area contributed by atoms with E-state index in [1.165, 1.54) is 44.5 Å². The predicted molar refractivity (Wildman–Crippen MR) is 110 cm³/mol. The maximum atomic E-state index is 4.48. The fourth-order valence-corrected chi connectivity index (χ4v) is 4.33. The number of hydrogen-bond donors (Lipinski definition) is 1. The van der Waals surface area contributed by atoms with E-state index in [-0.39, 0.29) is 24.0 Å². The second-order valence-electron chi connectivity index (χ2n) is 6.76. The van der Waals surface area contributed by atoms with Crippen molar-refractivity contribution in [2.24, 2.45) is 4.99 Å². The summed E-state index contributed by atoms with van der Waals surface area (Å²) in [6.07, 6.45) is 5.55. The Morgan fingerprint density at radius 3 is 2.41 bits per heavy atom. The van der Waals surface area contributed by atoms with E-state index in [0.29, 0.717) is 4.75 Å². The Balaban J connectivity index is 0.00000242. The molecule has 0 radical (unpaired) electrons. The van der Waals surface area contributed by atoms with E-state index in [9.17, 15) is 0 Å². The van der Waals surface area contributed by atoms with Crippen molar-refractivity contribution in [3.63, 3.8) is 0 Å². The highest BCUT2D eigenvalue weighted by Gasteiger charge is 2.28. The van der Waals surface area contributed by atoms with Crippen LogP contribution in [0.5, 0.6) is 0 Å². The van der Waals surface area contributed by atoms with Crippen molar-refractivity contribution in [3.05, 3.63) is 0 Å². The van der Waals surface area contributed by atoms with Crippen molar-refractivity contribution >= 4 is 41.7 Å². The van der Waals surface area contributed by atoms with Gasteiger partial charge in [-0.1, -0.05) is 12.8 Å². The molecule has 0 aliphatic carbocycles. The Bertz CT molecular complexity index is 341. The van der Waals surface area contributed by atoms with Crippen LogP contribution in [-0.4, -0.2) is 72.6 Å². The Morgan fingerprint density at radius 1 is 1.14 bits per heavy atom. The van der Waals surface area contributed by atoms with Gasteiger partial charge in [0.1, 0.15) is 0 Å². The number of likely N-dealkylation sites (tertiary alicyclic amines) is 1. The number of halogens is 1. The van der Waals surface area contributed by atoms with Crippen LogP contribution in [0.3, 0.4) is 0 Å². The first-order valence-electron chi connectivity index (χ1n) is 8.43. The lowest BCUT2D eigenvalue weighted by Gasteiger charge is -2.39. The van der Waals surface area contributed by atoms with Gasteiger partial charge in [-0.2, -0.15) is 11.8 Å². The number of hydrogen-bond acceptors (Lipinski definition) is 3. The van der Waals surface area contributed by atoms with Crippen LogP contribution in [0.25, 0.3) is 0 Å². The Kier molecular flexibility index (Phi) is 9.47. The van der Waals surface area contributed by atoms with E-state index in [4.69, 9.17) is 0 Å². The van der Waals surface area contributed by atoms with Crippen LogP contribution in [0.2, 0.25) is 0 Å². The molecule has 2 aliphatic rings. The smallest absolute Gasteiger partial charge is 0.193 e. The van der Waals surface area contributed by atoms with E-state index in [1.807, 2.05) is 7.05 Å². The Morgan fingerprint density at radius 2 is 1.82 bits per heavy atom. The summed E-state index contributed by atoms with van der Waals surface area (Å²) < 4.78 is 0.334. The Labute approximate surface area is 157 Å². The van der Waals surface area contributed by atoms with E-state index in [0.717, 1.165) is 32.1 Å². The minimum absolute atomic E-state index is 0. The van der Waals surface area contributed by atoms with Gasteiger partial charge in [0, 0.05) is 43.7 Å². The minimum atomic E-state index is 0. The fourth-order valence-electron chi connectivity index (χ4n) is 3.22. The third-order valence-electron chi connectivity index (χ3n) is 4.35. The molecule has 2 rings (SSSR count).